The Balaban J connectivity index is 2.56. The van der Waals surface area contributed by atoms with Crippen LogP contribution < -0.4 is 5.69 Å². The Morgan fingerprint density at radius 1 is 1.14 bits per heavy atom. The molecule has 2 rings (SSSR count). The van der Waals surface area contributed by atoms with Crippen molar-refractivity contribution in [3.05, 3.63) is 34.7 Å². The van der Waals surface area contributed by atoms with Crippen molar-refractivity contribution < 1.29 is 19.1 Å². The molecule has 0 aliphatic rings. The molecule has 0 saturated carbocycles. The number of carbonyl (C=O) groups is 2. The molecule has 0 aliphatic heterocycles. The van der Waals surface area contributed by atoms with Gasteiger partial charge in [-0.1, -0.05) is 12.1 Å². The number of benzene rings is 1. The maximum absolute atomic E-state index is 11.9. The lowest BCUT2D eigenvalue weighted by Crippen LogP contribution is -2.30. The van der Waals surface area contributed by atoms with E-state index in [4.69, 9.17) is 9.47 Å². The van der Waals surface area contributed by atoms with Crippen molar-refractivity contribution in [3.8, 4) is 0 Å². The Labute approximate surface area is 125 Å². The number of aromatic amines is 1. The van der Waals surface area contributed by atoms with Gasteiger partial charge in [0.05, 0.1) is 24.2 Å². The number of fused-ring (bicyclic) bond motifs is 1. The number of rotatable bonds is 5. The standard InChI is InChI=1S/C14H15N3O5/c1-3-21-12(18)11(13(19)22-4-2)16-17-10-8-6-5-7-9(10)15-14(17)20/h5-8H,3-4H2,1-2H3,(H,15,20). The summed E-state index contributed by atoms with van der Waals surface area (Å²) in [4.78, 5) is 38.2. The highest BCUT2D eigenvalue weighted by molar-refractivity contribution is 6.62. The molecule has 1 aromatic carbocycles. The van der Waals surface area contributed by atoms with Crippen LogP contribution in [0.3, 0.4) is 0 Å². The summed E-state index contributed by atoms with van der Waals surface area (Å²) in [5, 5.41) is 3.82. The van der Waals surface area contributed by atoms with E-state index in [9.17, 15) is 14.4 Å². The number of nitrogens with one attached hydrogen (secondary N) is 1. The predicted octanol–water partition coefficient (Wildman–Crippen LogP) is 0.660. The van der Waals surface area contributed by atoms with E-state index in [0.29, 0.717) is 11.0 Å². The van der Waals surface area contributed by atoms with Crippen LogP contribution in [0.15, 0.2) is 34.2 Å². The fourth-order valence-electron chi connectivity index (χ4n) is 1.80. The molecule has 2 aromatic rings. The van der Waals surface area contributed by atoms with Crippen molar-refractivity contribution in [1.29, 1.82) is 0 Å². The van der Waals surface area contributed by atoms with Crippen LogP contribution >= 0.6 is 0 Å². The van der Waals surface area contributed by atoms with Crippen LogP contribution in [0.1, 0.15) is 13.8 Å². The molecule has 0 amide bonds. The van der Waals surface area contributed by atoms with Crippen LogP contribution in [-0.2, 0) is 19.1 Å². The van der Waals surface area contributed by atoms with Crippen LogP contribution in [-0.4, -0.2) is 40.5 Å². The minimum atomic E-state index is -0.946. The molecule has 1 N–H and O–H groups in total. The first-order chi connectivity index (χ1) is 10.6. The molecule has 0 radical (unpaired) electrons. The van der Waals surface area contributed by atoms with Gasteiger partial charge in [0, 0.05) is 0 Å². The first-order valence-electron chi connectivity index (χ1n) is 6.71. The van der Waals surface area contributed by atoms with Gasteiger partial charge in [0.15, 0.2) is 0 Å². The van der Waals surface area contributed by atoms with Crippen molar-refractivity contribution >= 4 is 28.7 Å². The van der Waals surface area contributed by atoms with Gasteiger partial charge >= 0.3 is 17.6 Å². The summed E-state index contributed by atoms with van der Waals surface area (Å²) in [6, 6.07) is 6.75. The SMILES string of the molecule is CCOC(=O)C(=Nn1c(=O)[nH]c2ccccc21)C(=O)OCC. The maximum Gasteiger partial charge on any atom is 0.366 e. The minimum Gasteiger partial charge on any atom is -0.461 e. The van der Waals surface area contributed by atoms with E-state index in [1.807, 2.05) is 0 Å². The molecule has 1 aromatic heterocycles. The van der Waals surface area contributed by atoms with Gasteiger partial charge < -0.3 is 14.5 Å². The Bertz CT molecular complexity index is 767. The molecule has 1 heterocycles. The van der Waals surface area contributed by atoms with Crippen LogP contribution in [0.2, 0.25) is 0 Å². The molecule has 0 saturated heterocycles. The molecule has 116 valence electrons. The zero-order valence-corrected chi connectivity index (χ0v) is 12.2. The van der Waals surface area contributed by atoms with Crippen LogP contribution in [0.5, 0.6) is 0 Å². The van der Waals surface area contributed by atoms with Crippen molar-refractivity contribution in [3.63, 3.8) is 0 Å². The van der Waals surface area contributed by atoms with Gasteiger partial charge in [-0.3, -0.25) is 0 Å². The summed E-state index contributed by atoms with van der Waals surface area (Å²) in [7, 11) is 0. The van der Waals surface area contributed by atoms with Gasteiger partial charge in [-0.2, -0.15) is 4.68 Å². The van der Waals surface area contributed by atoms with Gasteiger partial charge in [0.2, 0.25) is 0 Å². The zero-order valence-electron chi connectivity index (χ0n) is 12.2. The first kappa shape index (κ1) is 15.5. The number of aromatic nitrogens is 2. The fourth-order valence-corrected chi connectivity index (χ4v) is 1.80. The Hall–Kier alpha value is -2.90. The molecule has 0 unspecified atom stereocenters. The van der Waals surface area contributed by atoms with E-state index in [2.05, 4.69) is 10.1 Å². The Morgan fingerprint density at radius 2 is 1.73 bits per heavy atom. The summed E-state index contributed by atoms with van der Waals surface area (Å²) in [5.74, 6) is -1.89. The highest BCUT2D eigenvalue weighted by Gasteiger charge is 2.24. The lowest BCUT2D eigenvalue weighted by Gasteiger charge is -2.05. The van der Waals surface area contributed by atoms with Crippen LogP contribution in [0.25, 0.3) is 11.0 Å². The molecule has 8 heteroatoms. The van der Waals surface area contributed by atoms with E-state index in [1.54, 1.807) is 38.1 Å². The van der Waals surface area contributed by atoms with E-state index in [0.717, 1.165) is 4.68 Å². The number of hydrogen-bond acceptors (Lipinski definition) is 6. The van der Waals surface area contributed by atoms with E-state index < -0.39 is 23.3 Å². The third-order valence-corrected chi connectivity index (χ3v) is 2.70. The summed E-state index contributed by atoms with van der Waals surface area (Å²) in [5.41, 5.74) is -0.204. The largest absolute Gasteiger partial charge is 0.461 e. The summed E-state index contributed by atoms with van der Waals surface area (Å²) in [6.45, 7) is 3.33. The van der Waals surface area contributed by atoms with E-state index in [-0.39, 0.29) is 13.2 Å². The van der Waals surface area contributed by atoms with Crippen molar-refractivity contribution in [2.75, 3.05) is 13.2 Å². The fraction of sp³-hybridized carbons (Fsp3) is 0.286. The average Bonchev–Trinajstić information content (AvgIpc) is 2.80. The van der Waals surface area contributed by atoms with Gasteiger partial charge in [-0.05, 0) is 26.0 Å². The molecule has 0 bridgehead atoms. The summed E-state index contributed by atoms with van der Waals surface area (Å²) < 4.78 is 10.5. The van der Waals surface area contributed by atoms with Gasteiger partial charge in [0.25, 0.3) is 5.71 Å². The molecular formula is C14H15N3O5. The molecule has 0 fully saturated rings. The topological polar surface area (TPSA) is 103 Å². The smallest absolute Gasteiger partial charge is 0.366 e. The van der Waals surface area contributed by atoms with Gasteiger partial charge in [-0.15, -0.1) is 5.10 Å². The van der Waals surface area contributed by atoms with Crippen molar-refractivity contribution in [2.24, 2.45) is 5.10 Å². The molecule has 22 heavy (non-hydrogen) atoms. The quantitative estimate of drug-likeness (QED) is 0.496. The molecular weight excluding hydrogens is 290 g/mol. The molecule has 0 spiro atoms. The maximum atomic E-state index is 11.9. The van der Waals surface area contributed by atoms with Gasteiger partial charge in [-0.25, -0.2) is 14.4 Å². The molecule has 8 nitrogen and oxygen atoms in total. The minimum absolute atomic E-state index is 0.0695. The van der Waals surface area contributed by atoms with Crippen molar-refractivity contribution in [2.45, 2.75) is 13.8 Å². The number of hydrogen-bond donors (Lipinski definition) is 1. The monoisotopic (exact) mass is 305 g/mol. The highest BCUT2D eigenvalue weighted by Crippen LogP contribution is 2.09. The molecule has 0 atom stereocenters. The third-order valence-electron chi connectivity index (χ3n) is 2.70. The Kier molecular flexibility index (Phi) is 4.72. The molecule has 0 aliphatic carbocycles. The Morgan fingerprint density at radius 3 is 2.32 bits per heavy atom. The third kappa shape index (κ3) is 3.05. The lowest BCUT2D eigenvalue weighted by molar-refractivity contribution is -0.140. The first-order valence-corrected chi connectivity index (χ1v) is 6.71. The number of esters is 2. The average molecular weight is 305 g/mol. The van der Waals surface area contributed by atoms with E-state index in [1.165, 1.54) is 0 Å². The van der Waals surface area contributed by atoms with Crippen molar-refractivity contribution in [1.82, 2.24) is 9.66 Å². The number of H-pyrrole nitrogens is 1. The lowest BCUT2D eigenvalue weighted by atomic mass is 10.3. The second-order valence-corrected chi connectivity index (χ2v) is 4.15. The summed E-state index contributed by atoms with van der Waals surface area (Å²) >= 11 is 0. The second kappa shape index (κ2) is 6.70. The highest BCUT2D eigenvalue weighted by atomic mass is 16.6. The van der Waals surface area contributed by atoms with Crippen LogP contribution in [0, 0.1) is 0 Å². The van der Waals surface area contributed by atoms with Gasteiger partial charge in [0.1, 0.15) is 0 Å². The number of carbonyl (C=O) groups excluding carboxylic acids is 2. The second-order valence-electron chi connectivity index (χ2n) is 4.15. The van der Waals surface area contributed by atoms with E-state index >= 15 is 0 Å². The predicted molar refractivity (Wildman–Crippen MR) is 78.7 cm³/mol. The number of imidazole rings is 1. The zero-order chi connectivity index (χ0) is 16.1. The summed E-state index contributed by atoms with van der Waals surface area (Å²) in [6.07, 6.45) is 0. The number of ether oxygens (including phenoxy) is 2. The number of para-hydroxylation sites is 2. The van der Waals surface area contributed by atoms with Crippen LogP contribution in [0.4, 0.5) is 0 Å². The normalized spacial score (nSPS) is 10.3. The number of nitrogens with zero attached hydrogens (tertiary/aromatic N) is 2.